The van der Waals surface area contributed by atoms with Crippen LogP contribution < -0.4 is 19.7 Å². The lowest BCUT2D eigenvalue weighted by Crippen LogP contribution is -2.33. The summed E-state index contributed by atoms with van der Waals surface area (Å²) in [6, 6.07) is 29.5. The molecule has 1 heterocycles. The minimum Gasteiger partial charge on any atom is -0.490 e. The summed E-state index contributed by atoms with van der Waals surface area (Å²) in [6.07, 6.45) is 2.57. The quantitative estimate of drug-likeness (QED) is 0.183. The first-order valence-electron chi connectivity index (χ1n) is 14.6. The van der Waals surface area contributed by atoms with Gasteiger partial charge < -0.3 is 19.7 Å². The molecule has 5 rings (SSSR count). The predicted molar refractivity (Wildman–Crippen MR) is 174 cm³/mol. The molecule has 4 aromatic carbocycles. The second-order valence-corrected chi connectivity index (χ2v) is 11.3. The molecule has 2 amide bonds. The van der Waals surface area contributed by atoms with Crippen LogP contribution in [-0.4, -0.2) is 31.6 Å². The van der Waals surface area contributed by atoms with Gasteiger partial charge in [0.2, 0.25) is 0 Å². The number of carbonyl (C=O) groups is 2. The van der Waals surface area contributed by atoms with Gasteiger partial charge in [0, 0.05) is 17.0 Å². The van der Waals surface area contributed by atoms with Gasteiger partial charge in [0.15, 0.2) is 11.5 Å². The number of hydrogen-bond donors (Lipinski definition) is 1. The molecule has 0 bridgehead atoms. The van der Waals surface area contributed by atoms with Crippen molar-refractivity contribution in [3.63, 3.8) is 0 Å². The van der Waals surface area contributed by atoms with Crippen molar-refractivity contribution in [2.75, 3.05) is 24.7 Å². The summed E-state index contributed by atoms with van der Waals surface area (Å²) in [5.74, 6) is 1.27. The van der Waals surface area contributed by atoms with Gasteiger partial charge in [0.1, 0.15) is 0 Å². The van der Waals surface area contributed by atoms with Gasteiger partial charge in [-0.05, 0) is 86.4 Å². The van der Waals surface area contributed by atoms with E-state index in [0.717, 1.165) is 33.0 Å². The van der Waals surface area contributed by atoms with E-state index in [4.69, 9.17) is 9.47 Å². The van der Waals surface area contributed by atoms with Gasteiger partial charge in [0.25, 0.3) is 11.8 Å². The maximum Gasteiger partial charge on any atom is 0.265 e. The molecule has 0 saturated carbocycles. The number of amides is 2. The average molecular weight is 593 g/mol. The van der Waals surface area contributed by atoms with E-state index in [1.807, 2.05) is 79.4 Å². The van der Waals surface area contributed by atoms with E-state index < -0.39 is 0 Å². The van der Waals surface area contributed by atoms with E-state index in [2.05, 4.69) is 36.5 Å². The van der Waals surface area contributed by atoms with Gasteiger partial charge in [-0.3, -0.25) is 9.59 Å². The minimum absolute atomic E-state index is 0.0344. The summed E-state index contributed by atoms with van der Waals surface area (Å²) in [5, 5.41) is 3.00. The number of carbonyl (C=O) groups excluding carboxylic acids is 2. The number of fused-ring (bicyclic) bond motifs is 1. The molecule has 0 atom stereocenters. The SMILES string of the molecule is CCOc1ccc(CCNC(=O)c2ccc(/C=C3/Sc4ccccc4N(Cc4ccc(C)cc4)C3=O)cc2)cc1OCC. The number of anilines is 1. The van der Waals surface area contributed by atoms with E-state index in [9.17, 15) is 9.59 Å². The Labute approximate surface area is 257 Å². The number of thioether (sulfide) groups is 1. The first-order chi connectivity index (χ1) is 20.9. The number of nitrogens with zero attached hydrogens (tertiary/aromatic N) is 1. The molecular formula is C36H36N2O4S. The van der Waals surface area contributed by atoms with Crippen LogP contribution in [0.1, 0.15) is 46.5 Å². The molecule has 0 fully saturated rings. The van der Waals surface area contributed by atoms with Gasteiger partial charge in [-0.2, -0.15) is 0 Å². The predicted octanol–water partition coefficient (Wildman–Crippen LogP) is 7.44. The highest BCUT2D eigenvalue weighted by atomic mass is 32.2. The van der Waals surface area contributed by atoms with Gasteiger partial charge in [-0.1, -0.05) is 71.9 Å². The van der Waals surface area contributed by atoms with Crippen molar-refractivity contribution >= 4 is 35.3 Å². The lowest BCUT2D eigenvalue weighted by atomic mass is 10.1. The number of ether oxygens (including phenoxy) is 2. The molecule has 0 unspecified atom stereocenters. The summed E-state index contributed by atoms with van der Waals surface area (Å²) in [4.78, 5) is 30.0. The number of rotatable bonds is 11. The van der Waals surface area contributed by atoms with E-state index in [-0.39, 0.29) is 11.8 Å². The fourth-order valence-electron chi connectivity index (χ4n) is 4.85. The third kappa shape index (κ3) is 7.48. The largest absolute Gasteiger partial charge is 0.490 e. The van der Waals surface area contributed by atoms with Crippen LogP contribution in [0.4, 0.5) is 5.69 Å². The monoisotopic (exact) mass is 592 g/mol. The summed E-state index contributed by atoms with van der Waals surface area (Å²) < 4.78 is 11.3. The molecule has 1 aliphatic heterocycles. The van der Waals surface area contributed by atoms with Crippen molar-refractivity contribution < 1.29 is 19.1 Å². The topological polar surface area (TPSA) is 67.9 Å². The summed E-state index contributed by atoms with van der Waals surface area (Å²) in [7, 11) is 0. The minimum atomic E-state index is -0.142. The Bertz CT molecular complexity index is 1610. The van der Waals surface area contributed by atoms with Gasteiger partial charge in [0.05, 0.1) is 30.4 Å². The Hall–Kier alpha value is -4.49. The second-order valence-electron chi connectivity index (χ2n) is 10.2. The van der Waals surface area contributed by atoms with Crippen LogP contribution in [0.25, 0.3) is 6.08 Å². The van der Waals surface area contributed by atoms with Crippen LogP contribution in [0.5, 0.6) is 11.5 Å². The van der Waals surface area contributed by atoms with Crippen LogP contribution in [0, 0.1) is 6.92 Å². The fraction of sp³-hybridized carbons (Fsp3) is 0.222. The molecule has 0 spiro atoms. The molecule has 6 nitrogen and oxygen atoms in total. The maximum atomic E-state index is 13.6. The van der Waals surface area contributed by atoms with Crippen LogP contribution in [0.15, 0.2) is 101 Å². The second kappa shape index (κ2) is 14.1. The highest BCUT2D eigenvalue weighted by Gasteiger charge is 2.29. The molecular weight excluding hydrogens is 556 g/mol. The average Bonchev–Trinajstić information content (AvgIpc) is 3.02. The Morgan fingerprint density at radius 3 is 2.30 bits per heavy atom. The molecule has 0 aliphatic carbocycles. The molecule has 7 heteroatoms. The summed E-state index contributed by atoms with van der Waals surface area (Å²) in [6.45, 7) is 8.05. The zero-order valence-electron chi connectivity index (χ0n) is 24.8. The van der Waals surface area contributed by atoms with E-state index in [0.29, 0.717) is 48.9 Å². The van der Waals surface area contributed by atoms with Crippen LogP contribution in [0.2, 0.25) is 0 Å². The van der Waals surface area contributed by atoms with E-state index in [1.54, 1.807) is 12.1 Å². The van der Waals surface area contributed by atoms with E-state index in [1.165, 1.54) is 17.3 Å². The lowest BCUT2D eigenvalue weighted by Gasteiger charge is -2.30. The van der Waals surface area contributed by atoms with Crippen LogP contribution in [0.3, 0.4) is 0 Å². The fourth-order valence-corrected chi connectivity index (χ4v) is 5.91. The normalized spacial score (nSPS) is 13.5. The number of para-hydroxylation sites is 1. The number of hydrogen-bond acceptors (Lipinski definition) is 5. The lowest BCUT2D eigenvalue weighted by molar-refractivity contribution is -0.114. The van der Waals surface area contributed by atoms with Crippen LogP contribution >= 0.6 is 11.8 Å². The van der Waals surface area contributed by atoms with Crippen molar-refractivity contribution in [1.82, 2.24) is 5.32 Å². The Morgan fingerprint density at radius 1 is 0.860 bits per heavy atom. The molecule has 1 aliphatic rings. The number of nitrogens with one attached hydrogen (secondary N) is 1. The number of benzene rings is 4. The molecule has 1 N–H and O–H groups in total. The number of aryl methyl sites for hydroxylation is 1. The van der Waals surface area contributed by atoms with Crippen LogP contribution in [-0.2, 0) is 17.8 Å². The van der Waals surface area contributed by atoms with Crippen molar-refractivity contribution in [1.29, 1.82) is 0 Å². The molecule has 220 valence electrons. The summed E-state index contributed by atoms with van der Waals surface area (Å²) >= 11 is 1.48. The van der Waals surface area contributed by atoms with Gasteiger partial charge >= 0.3 is 0 Å². The molecule has 43 heavy (non-hydrogen) atoms. The Morgan fingerprint density at radius 2 is 1.56 bits per heavy atom. The smallest absolute Gasteiger partial charge is 0.265 e. The summed E-state index contributed by atoms with van der Waals surface area (Å²) in [5.41, 5.74) is 5.67. The molecule has 0 saturated heterocycles. The molecule has 0 aromatic heterocycles. The van der Waals surface area contributed by atoms with Crippen molar-refractivity contribution in [3.8, 4) is 11.5 Å². The van der Waals surface area contributed by atoms with Crippen molar-refractivity contribution in [2.45, 2.75) is 38.6 Å². The Balaban J connectivity index is 1.24. The standard InChI is InChI=1S/C36H36N2O4S/c1-4-41-31-19-16-27(22-32(31)42-5-2)20-21-37-35(39)29-17-14-26(15-18-29)23-34-36(40)38(24-28-12-10-25(3)11-13-28)30-8-6-7-9-33(30)43-34/h6-19,22-23H,4-5,20-21,24H2,1-3H3,(H,37,39)/b34-23+. The highest BCUT2D eigenvalue weighted by Crippen LogP contribution is 2.42. The Kier molecular flexibility index (Phi) is 9.84. The first kappa shape index (κ1) is 30.0. The molecule has 4 aromatic rings. The van der Waals surface area contributed by atoms with Gasteiger partial charge in [-0.25, -0.2) is 0 Å². The maximum absolute atomic E-state index is 13.6. The highest BCUT2D eigenvalue weighted by molar-refractivity contribution is 8.04. The van der Waals surface area contributed by atoms with Crippen molar-refractivity contribution in [3.05, 3.63) is 124 Å². The first-order valence-corrected chi connectivity index (χ1v) is 15.4. The zero-order valence-corrected chi connectivity index (χ0v) is 25.6. The van der Waals surface area contributed by atoms with Gasteiger partial charge in [-0.15, -0.1) is 0 Å². The third-order valence-corrected chi connectivity index (χ3v) is 8.15. The van der Waals surface area contributed by atoms with E-state index >= 15 is 0 Å². The third-order valence-electron chi connectivity index (χ3n) is 7.07. The molecule has 0 radical (unpaired) electrons. The zero-order chi connectivity index (χ0) is 30.2. The van der Waals surface area contributed by atoms with Crippen molar-refractivity contribution in [2.24, 2.45) is 0 Å².